The topological polar surface area (TPSA) is 59.8 Å². The van der Waals surface area contributed by atoms with Crippen LogP contribution < -0.4 is 5.32 Å². The van der Waals surface area contributed by atoms with Crippen molar-refractivity contribution in [1.82, 2.24) is 20.3 Å². The Kier molecular flexibility index (Phi) is 4.30. The van der Waals surface area contributed by atoms with Crippen LogP contribution in [0.2, 0.25) is 0 Å². The van der Waals surface area contributed by atoms with E-state index < -0.39 is 0 Å². The average molecular weight is 380 g/mol. The quantitative estimate of drug-likeness (QED) is 0.886. The molecule has 0 aliphatic heterocycles. The summed E-state index contributed by atoms with van der Waals surface area (Å²) >= 11 is 8.09. The van der Waals surface area contributed by atoms with Crippen molar-refractivity contribution in [2.75, 3.05) is 6.54 Å². The summed E-state index contributed by atoms with van der Waals surface area (Å²) in [6, 6.07) is 1.79. The fraction of sp³-hybridized carbons (Fsp3) is 0.222. The largest absolute Gasteiger partial charge is 0.349 e. The summed E-state index contributed by atoms with van der Waals surface area (Å²) in [5.41, 5.74) is 0. The average Bonchev–Trinajstić information content (AvgIpc) is 2.90. The van der Waals surface area contributed by atoms with E-state index in [4.69, 9.17) is 0 Å². The maximum atomic E-state index is 11.8. The van der Waals surface area contributed by atoms with Crippen molar-refractivity contribution in [1.29, 1.82) is 0 Å². The second kappa shape index (κ2) is 5.74. The Bertz CT molecular complexity index is 492. The second-order valence-corrected chi connectivity index (χ2v) is 6.38. The summed E-state index contributed by atoms with van der Waals surface area (Å²) < 4.78 is 3.48. The predicted molar refractivity (Wildman–Crippen MR) is 72.1 cm³/mol. The maximum Gasteiger partial charge on any atom is 0.261 e. The first-order valence-electron chi connectivity index (χ1n) is 4.74. The third kappa shape index (κ3) is 3.36. The van der Waals surface area contributed by atoms with Crippen LogP contribution in [0.4, 0.5) is 0 Å². The van der Waals surface area contributed by atoms with Crippen LogP contribution in [-0.2, 0) is 6.54 Å². The van der Waals surface area contributed by atoms with Crippen LogP contribution in [-0.4, -0.2) is 27.4 Å². The van der Waals surface area contributed by atoms with Crippen LogP contribution in [0.15, 0.2) is 26.7 Å². The van der Waals surface area contributed by atoms with E-state index in [1.54, 1.807) is 23.1 Å². The normalized spacial score (nSPS) is 10.5. The van der Waals surface area contributed by atoms with Crippen LogP contribution in [0.3, 0.4) is 0 Å². The fourth-order valence-corrected chi connectivity index (χ4v) is 3.13. The summed E-state index contributed by atoms with van der Waals surface area (Å²) in [7, 11) is 0. The van der Waals surface area contributed by atoms with Gasteiger partial charge in [-0.25, -0.2) is 0 Å². The molecule has 0 aromatic carbocycles. The molecule has 0 atom stereocenters. The number of carbonyl (C=O) groups is 1. The van der Waals surface area contributed by atoms with Gasteiger partial charge in [-0.05, 0) is 37.9 Å². The van der Waals surface area contributed by atoms with Gasteiger partial charge in [0.2, 0.25) is 0 Å². The Morgan fingerprint density at radius 2 is 2.35 bits per heavy atom. The summed E-state index contributed by atoms with van der Waals surface area (Å²) in [5.74, 6) is -0.0819. The van der Waals surface area contributed by atoms with E-state index in [9.17, 15) is 4.79 Å². The minimum atomic E-state index is -0.0819. The highest BCUT2D eigenvalue weighted by molar-refractivity contribution is 9.13. The molecule has 0 radical (unpaired) electrons. The van der Waals surface area contributed by atoms with Gasteiger partial charge < -0.3 is 5.32 Å². The Morgan fingerprint density at radius 3 is 2.94 bits per heavy atom. The van der Waals surface area contributed by atoms with Crippen LogP contribution >= 0.6 is 43.2 Å². The molecule has 2 heterocycles. The number of nitrogens with zero attached hydrogens (tertiary/aromatic N) is 3. The molecule has 0 bridgehead atoms. The van der Waals surface area contributed by atoms with E-state index >= 15 is 0 Å². The number of halogens is 2. The smallest absolute Gasteiger partial charge is 0.261 e. The summed E-state index contributed by atoms with van der Waals surface area (Å²) in [4.78, 5) is 12.4. The zero-order chi connectivity index (χ0) is 12.3. The lowest BCUT2D eigenvalue weighted by molar-refractivity contribution is 0.0956. The fourth-order valence-electron chi connectivity index (χ4n) is 1.18. The van der Waals surface area contributed by atoms with Crippen molar-refractivity contribution in [2.45, 2.75) is 6.54 Å². The standard InChI is InChI=1S/C9H8Br2N4OS/c10-6-5-7(17-8(6)11)9(16)12-1-3-15-4-2-13-14-15/h2,4-5H,1,3H2,(H,12,16). The monoisotopic (exact) mass is 378 g/mol. The number of hydrogen-bond acceptors (Lipinski definition) is 4. The second-order valence-electron chi connectivity index (χ2n) is 3.15. The molecule has 0 spiro atoms. The Labute approximate surface area is 118 Å². The lowest BCUT2D eigenvalue weighted by atomic mass is 10.4. The van der Waals surface area contributed by atoms with Gasteiger partial charge in [0.1, 0.15) is 0 Å². The molecule has 2 aromatic rings. The van der Waals surface area contributed by atoms with Gasteiger partial charge in [-0.3, -0.25) is 9.48 Å². The van der Waals surface area contributed by atoms with Crippen molar-refractivity contribution >= 4 is 49.1 Å². The van der Waals surface area contributed by atoms with Crippen molar-refractivity contribution in [2.24, 2.45) is 0 Å². The SMILES string of the molecule is O=C(NCCn1ccnn1)c1cc(Br)c(Br)s1. The van der Waals surface area contributed by atoms with Crippen LogP contribution in [0.25, 0.3) is 0 Å². The zero-order valence-electron chi connectivity index (χ0n) is 8.56. The molecule has 1 amide bonds. The van der Waals surface area contributed by atoms with E-state index in [0.717, 1.165) is 8.26 Å². The number of nitrogens with one attached hydrogen (secondary N) is 1. The lowest BCUT2D eigenvalue weighted by Crippen LogP contribution is -2.26. The van der Waals surface area contributed by atoms with Crippen molar-refractivity contribution in [3.8, 4) is 0 Å². The molecule has 0 unspecified atom stereocenters. The summed E-state index contributed by atoms with van der Waals surface area (Å²) in [6.45, 7) is 1.13. The lowest BCUT2D eigenvalue weighted by Gasteiger charge is -2.02. The summed E-state index contributed by atoms with van der Waals surface area (Å²) in [6.07, 6.45) is 3.36. The number of hydrogen-bond donors (Lipinski definition) is 1. The summed E-state index contributed by atoms with van der Waals surface area (Å²) in [5, 5.41) is 10.3. The van der Waals surface area contributed by atoms with Gasteiger partial charge in [-0.1, -0.05) is 5.21 Å². The van der Waals surface area contributed by atoms with Crippen molar-refractivity contribution in [3.05, 3.63) is 31.6 Å². The molecule has 0 aliphatic carbocycles. The van der Waals surface area contributed by atoms with E-state index in [1.807, 2.05) is 0 Å². The molecular formula is C9H8Br2N4OS. The zero-order valence-corrected chi connectivity index (χ0v) is 12.5. The van der Waals surface area contributed by atoms with Crippen molar-refractivity contribution < 1.29 is 4.79 Å². The van der Waals surface area contributed by atoms with Crippen LogP contribution in [0.5, 0.6) is 0 Å². The molecule has 0 saturated heterocycles. The van der Waals surface area contributed by atoms with E-state index in [1.165, 1.54) is 11.3 Å². The highest BCUT2D eigenvalue weighted by atomic mass is 79.9. The van der Waals surface area contributed by atoms with Gasteiger partial charge in [0.15, 0.2) is 0 Å². The highest BCUT2D eigenvalue weighted by Crippen LogP contribution is 2.32. The third-order valence-corrected chi connectivity index (χ3v) is 5.22. The van der Waals surface area contributed by atoms with Gasteiger partial charge in [-0.15, -0.1) is 16.4 Å². The maximum absolute atomic E-state index is 11.8. The number of thiophene rings is 1. The number of amides is 1. The Morgan fingerprint density at radius 1 is 1.53 bits per heavy atom. The molecule has 2 aromatic heterocycles. The first kappa shape index (κ1) is 12.7. The molecule has 0 aliphatic rings. The molecule has 8 heteroatoms. The minimum absolute atomic E-state index is 0.0819. The van der Waals surface area contributed by atoms with Crippen molar-refractivity contribution in [3.63, 3.8) is 0 Å². The number of aromatic nitrogens is 3. The molecule has 17 heavy (non-hydrogen) atoms. The van der Waals surface area contributed by atoms with Crippen LogP contribution in [0, 0.1) is 0 Å². The predicted octanol–water partition coefficient (Wildman–Crippen LogP) is 2.29. The van der Waals surface area contributed by atoms with Crippen LogP contribution in [0.1, 0.15) is 9.67 Å². The third-order valence-electron chi connectivity index (χ3n) is 1.97. The van der Waals surface area contributed by atoms with Gasteiger partial charge in [0.05, 0.1) is 21.4 Å². The molecule has 90 valence electrons. The minimum Gasteiger partial charge on any atom is -0.349 e. The number of rotatable bonds is 4. The van der Waals surface area contributed by atoms with Gasteiger partial charge in [0.25, 0.3) is 5.91 Å². The van der Waals surface area contributed by atoms with E-state index in [0.29, 0.717) is 18.0 Å². The van der Waals surface area contributed by atoms with Gasteiger partial charge in [-0.2, -0.15) is 0 Å². The Hall–Kier alpha value is -0.730. The molecule has 0 fully saturated rings. The van der Waals surface area contributed by atoms with E-state index in [-0.39, 0.29) is 5.91 Å². The van der Waals surface area contributed by atoms with Gasteiger partial charge >= 0.3 is 0 Å². The van der Waals surface area contributed by atoms with E-state index in [2.05, 4.69) is 47.5 Å². The highest BCUT2D eigenvalue weighted by Gasteiger charge is 2.11. The molecular weight excluding hydrogens is 372 g/mol. The van der Waals surface area contributed by atoms with Gasteiger partial charge in [0, 0.05) is 17.2 Å². The molecule has 5 nitrogen and oxygen atoms in total. The molecule has 1 N–H and O–H groups in total. The first-order valence-corrected chi connectivity index (χ1v) is 7.14. The number of carbonyl (C=O) groups excluding carboxylic acids is 1. The first-order chi connectivity index (χ1) is 8.16. The Balaban J connectivity index is 1.85. The molecule has 2 rings (SSSR count). The molecule has 0 saturated carbocycles.